The molecule has 0 aromatic carbocycles. The van der Waals surface area contributed by atoms with E-state index >= 15 is 0 Å². The second-order valence-corrected chi connectivity index (χ2v) is 3.93. The molecule has 5 nitrogen and oxygen atoms in total. The van der Waals surface area contributed by atoms with Crippen molar-refractivity contribution < 1.29 is 19.0 Å². The number of likely N-dealkylation sites (N-methyl/N-ethyl adjacent to an activating group) is 1. The highest BCUT2D eigenvalue weighted by Gasteiger charge is 2.40. The van der Waals surface area contributed by atoms with Gasteiger partial charge < -0.3 is 19.5 Å². The van der Waals surface area contributed by atoms with Crippen LogP contribution in [0.15, 0.2) is 0 Å². The number of hydrogen-bond donors (Lipinski definition) is 1. The van der Waals surface area contributed by atoms with E-state index in [-0.39, 0.29) is 12.1 Å². The van der Waals surface area contributed by atoms with E-state index in [1.807, 2.05) is 20.8 Å². The first-order chi connectivity index (χ1) is 7.00. The van der Waals surface area contributed by atoms with Crippen LogP contribution in [0, 0.1) is 0 Å². The molecule has 0 spiro atoms. The van der Waals surface area contributed by atoms with E-state index < -0.39 is 11.8 Å². The summed E-state index contributed by atoms with van der Waals surface area (Å²) in [7, 11) is 1.37. The zero-order chi connectivity index (χ0) is 11.5. The molecule has 88 valence electrons. The number of carbonyl (C=O) groups is 1. The summed E-state index contributed by atoms with van der Waals surface area (Å²) in [6.07, 6.45) is -0.285. The zero-order valence-electron chi connectivity index (χ0n) is 9.70. The molecule has 0 radical (unpaired) electrons. The van der Waals surface area contributed by atoms with Crippen LogP contribution in [0.4, 0.5) is 0 Å². The lowest BCUT2D eigenvalue weighted by Gasteiger charge is -2.22. The van der Waals surface area contributed by atoms with Crippen molar-refractivity contribution in [1.29, 1.82) is 0 Å². The molecule has 1 heterocycles. The summed E-state index contributed by atoms with van der Waals surface area (Å²) in [5.74, 6) is -0.935. The Balaban J connectivity index is 2.61. The van der Waals surface area contributed by atoms with Crippen molar-refractivity contribution in [1.82, 2.24) is 5.32 Å². The molecule has 0 aromatic rings. The first kappa shape index (κ1) is 12.4. The zero-order valence-corrected chi connectivity index (χ0v) is 9.70. The second kappa shape index (κ2) is 4.92. The monoisotopic (exact) mass is 217 g/mol. The maximum atomic E-state index is 11.5. The van der Waals surface area contributed by atoms with Gasteiger partial charge in [-0.25, -0.2) is 0 Å². The Labute approximate surface area is 90.1 Å². The molecular formula is C10H19NO4. The molecule has 5 heteroatoms. The van der Waals surface area contributed by atoms with E-state index in [2.05, 4.69) is 5.32 Å². The third-order valence-corrected chi connectivity index (χ3v) is 2.28. The normalized spacial score (nSPS) is 26.3. The lowest BCUT2D eigenvalue weighted by atomic mass is 10.1. The van der Waals surface area contributed by atoms with E-state index in [1.165, 1.54) is 7.11 Å². The molecule has 1 rings (SSSR count). The molecule has 1 aliphatic rings. The first-order valence-electron chi connectivity index (χ1n) is 5.13. The van der Waals surface area contributed by atoms with E-state index in [0.29, 0.717) is 13.2 Å². The Morgan fingerprint density at radius 3 is 2.73 bits per heavy atom. The van der Waals surface area contributed by atoms with Crippen molar-refractivity contribution in [2.75, 3.05) is 20.3 Å². The highest BCUT2D eigenvalue weighted by atomic mass is 16.7. The third-order valence-electron chi connectivity index (χ3n) is 2.28. The molecule has 0 aromatic heterocycles. The van der Waals surface area contributed by atoms with Crippen molar-refractivity contribution in [2.45, 2.75) is 38.7 Å². The Bertz CT molecular complexity index is 229. The van der Waals surface area contributed by atoms with Crippen molar-refractivity contribution in [3.8, 4) is 0 Å². The summed E-state index contributed by atoms with van der Waals surface area (Å²) in [5.41, 5.74) is 0. The fourth-order valence-electron chi connectivity index (χ4n) is 1.59. The maximum Gasteiger partial charge on any atom is 0.325 e. The van der Waals surface area contributed by atoms with Crippen LogP contribution in [0.5, 0.6) is 0 Å². The SMILES string of the molecule is CCN[C@H](C(=O)OC)[C@@H]1COC(C)(C)O1. The van der Waals surface area contributed by atoms with Crippen LogP contribution in [0.25, 0.3) is 0 Å². The summed E-state index contributed by atoms with van der Waals surface area (Å²) in [6.45, 7) is 6.66. The van der Waals surface area contributed by atoms with Crippen LogP contribution in [0.3, 0.4) is 0 Å². The summed E-state index contributed by atoms with van der Waals surface area (Å²) < 4.78 is 15.7. The van der Waals surface area contributed by atoms with Gasteiger partial charge in [0.15, 0.2) is 5.79 Å². The minimum atomic E-state index is -0.619. The average Bonchev–Trinajstić information content (AvgIpc) is 2.54. The molecule has 15 heavy (non-hydrogen) atoms. The smallest absolute Gasteiger partial charge is 0.325 e. The Hall–Kier alpha value is -0.650. The van der Waals surface area contributed by atoms with Crippen LogP contribution < -0.4 is 5.32 Å². The summed E-state index contributed by atoms with van der Waals surface area (Å²) in [6, 6.07) is -0.457. The quantitative estimate of drug-likeness (QED) is 0.686. The topological polar surface area (TPSA) is 56.8 Å². The number of ether oxygens (including phenoxy) is 3. The molecule has 2 atom stereocenters. The number of rotatable bonds is 4. The largest absolute Gasteiger partial charge is 0.468 e. The van der Waals surface area contributed by atoms with Gasteiger partial charge >= 0.3 is 5.97 Å². The van der Waals surface area contributed by atoms with Gasteiger partial charge in [-0.2, -0.15) is 0 Å². The van der Waals surface area contributed by atoms with Gasteiger partial charge in [0.1, 0.15) is 12.1 Å². The van der Waals surface area contributed by atoms with E-state index in [1.54, 1.807) is 0 Å². The van der Waals surface area contributed by atoms with Crippen molar-refractivity contribution in [2.24, 2.45) is 0 Å². The summed E-state index contributed by atoms with van der Waals surface area (Å²) in [4.78, 5) is 11.5. The number of esters is 1. The first-order valence-corrected chi connectivity index (χ1v) is 5.13. The molecule has 0 unspecified atom stereocenters. The lowest BCUT2D eigenvalue weighted by molar-refractivity contribution is -0.156. The van der Waals surface area contributed by atoms with Gasteiger partial charge in [-0.3, -0.25) is 4.79 Å². The average molecular weight is 217 g/mol. The second-order valence-electron chi connectivity index (χ2n) is 3.93. The number of nitrogens with one attached hydrogen (secondary N) is 1. The van der Waals surface area contributed by atoms with Gasteiger partial charge in [0, 0.05) is 0 Å². The number of carbonyl (C=O) groups excluding carboxylic acids is 1. The third kappa shape index (κ3) is 3.15. The minimum Gasteiger partial charge on any atom is -0.468 e. The Morgan fingerprint density at radius 1 is 1.67 bits per heavy atom. The van der Waals surface area contributed by atoms with Crippen LogP contribution in [0.1, 0.15) is 20.8 Å². The predicted molar refractivity (Wildman–Crippen MR) is 54.4 cm³/mol. The Kier molecular flexibility index (Phi) is 4.07. The van der Waals surface area contributed by atoms with Gasteiger partial charge in [0.25, 0.3) is 0 Å². The fourth-order valence-corrected chi connectivity index (χ4v) is 1.59. The van der Waals surface area contributed by atoms with Gasteiger partial charge in [-0.15, -0.1) is 0 Å². The molecule has 0 amide bonds. The van der Waals surface area contributed by atoms with Crippen molar-refractivity contribution >= 4 is 5.97 Å². The van der Waals surface area contributed by atoms with Gasteiger partial charge in [0.2, 0.25) is 0 Å². The maximum absolute atomic E-state index is 11.5. The van der Waals surface area contributed by atoms with Gasteiger partial charge in [0.05, 0.1) is 13.7 Å². The lowest BCUT2D eigenvalue weighted by Crippen LogP contribution is -2.48. The van der Waals surface area contributed by atoms with E-state index in [9.17, 15) is 4.79 Å². The number of hydrogen-bond acceptors (Lipinski definition) is 5. The molecular weight excluding hydrogens is 198 g/mol. The van der Waals surface area contributed by atoms with Crippen LogP contribution in [-0.2, 0) is 19.0 Å². The Morgan fingerprint density at radius 2 is 2.33 bits per heavy atom. The van der Waals surface area contributed by atoms with Crippen molar-refractivity contribution in [3.05, 3.63) is 0 Å². The minimum absolute atomic E-state index is 0.285. The summed E-state index contributed by atoms with van der Waals surface area (Å²) in [5, 5.41) is 3.03. The fraction of sp³-hybridized carbons (Fsp3) is 0.900. The molecule has 1 aliphatic heterocycles. The standard InChI is InChI=1S/C10H19NO4/c1-5-11-8(9(12)13-4)7-6-14-10(2,3)15-7/h7-8,11H,5-6H2,1-4H3/t7-,8-/m0/s1. The summed E-state index contributed by atoms with van der Waals surface area (Å²) >= 11 is 0. The number of methoxy groups -OCH3 is 1. The van der Waals surface area contributed by atoms with Gasteiger partial charge in [-0.1, -0.05) is 6.92 Å². The molecule has 1 saturated heterocycles. The van der Waals surface area contributed by atoms with Crippen LogP contribution in [-0.4, -0.2) is 44.2 Å². The molecule has 1 N–H and O–H groups in total. The van der Waals surface area contributed by atoms with E-state index in [0.717, 1.165) is 0 Å². The van der Waals surface area contributed by atoms with Crippen molar-refractivity contribution in [3.63, 3.8) is 0 Å². The molecule has 0 saturated carbocycles. The van der Waals surface area contributed by atoms with Crippen LogP contribution >= 0.6 is 0 Å². The highest BCUT2D eigenvalue weighted by Crippen LogP contribution is 2.24. The molecule has 1 fully saturated rings. The van der Waals surface area contributed by atoms with Gasteiger partial charge in [-0.05, 0) is 20.4 Å². The highest BCUT2D eigenvalue weighted by molar-refractivity contribution is 5.76. The predicted octanol–water partition coefficient (Wildman–Crippen LogP) is 0.289. The van der Waals surface area contributed by atoms with Crippen LogP contribution in [0.2, 0.25) is 0 Å². The van der Waals surface area contributed by atoms with E-state index in [4.69, 9.17) is 14.2 Å². The molecule has 0 bridgehead atoms. The molecule has 0 aliphatic carbocycles.